The number of piperidine rings is 1. The van der Waals surface area contributed by atoms with Crippen LogP contribution in [-0.2, 0) is 14.8 Å². The number of amides is 1. The molecule has 0 bridgehead atoms. The largest absolute Gasteiger partial charge is 0.341 e. The average Bonchev–Trinajstić information content (AvgIpc) is 2.83. The first kappa shape index (κ1) is 15.9. The Balaban J connectivity index is 2.02. The van der Waals surface area contributed by atoms with Gasteiger partial charge in [0.2, 0.25) is 21.8 Å². The molecular weight excluding hydrogens is 296 g/mol. The quantitative estimate of drug-likeness (QED) is 0.839. The van der Waals surface area contributed by atoms with Gasteiger partial charge in [-0.15, -0.1) is 0 Å². The van der Waals surface area contributed by atoms with Gasteiger partial charge in [-0.25, -0.2) is 13.1 Å². The van der Waals surface area contributed by atoms with Gasteiger partial charge in [-0.3, -0.25) is 4.79 Å². The van der Waals surface area contributed by atoms with Crippen LogP contribution < -0.4 is 4.72 Å². The minimum absolute atomic E-state index is 0.00864. The zero-order valence-electron chi connectivity index (χ0n) is 12.4. The van der Waals surface area contributed by atoms with Gasteiger partial charge in [0.1, 0.15) is 0 Å². The van der Waals surface area contributed by atoms with E-state index in [1.54, 1.807) is 18.7 Å². The van der Waals surface area contributed by atoms with Crippen molar-refractivity contribution in [2.45, 2.75) is 38.6 Å². The number of rotatable bonds is 4. The number of aromatic nitrogens is 2. The van der Waals surface area contributed by atoms with Crippen molar-refractivity contribution in [3.05, 3.63) is 11.7 Å². The van der Waals surface area contributed by atoms with Gasteiger partial charge in [-0.1, -0.05) is 5.16 Å². The lowest BCUT2D eigenvalue weighted by atomic mass is 9.97. The van der Waals surface area contributed by atoms with Crippen LogP contribution in [0.25, 0.3) is 0 Å². The Labute approximate surface area is 123 Å². The molecule has 1 aromatic heterocycles. The second kappa shape index (κ2) is 6.10. The Morgan fingerprint density at radius 2 is 2.24 bits per heavy atom. The summed E-state index contributed by atoms with van der Waals surface area (Å²) in [6.45, 7) is 4.37. The summed E-state index contributed by atoms with van der Waals surface area (Å²) < 4.78 is 29.9. The van der Waals surface area contributed by atoms with E-state index in [1.165, 1.54) is 0 Å². The van der Waals surface area contributed by atoms with Crippen molar-refractivity contribution in [1.29, 1.82) is 0 Å². The minimum atomic E-state index is -3.41. The van der Waals surface area contributed by atoms with Crippen LogP contribution in [0.15, 0.2) is 4.52 Å². The minimum Gasteiger partial charge on any atom is -0.341 e. The second-order valence-electron chi connectivity index (χ2n) is 5.41. The number of aryl methyl sites for hydroxylation is 1. The first-order valence-electron chi connectivity index (χ1n) is 6.82. The number of sulfonamides is 1. The maximum absolute atomic E-state index is 12.3. The van der Waals surface area contributed by atoms with Crippen LogP contribution in [-0.4, -0.2) is 54.8 Å². The van der Waals surface area contributed by atoms with Crippen molar-refractivity contribution in [2.75, 3.05) is 19.3 Å². The molecule has 2 atom stereocenters. The lowest BCUT2D eigenvalue weighted by Crippen LogP contribution is -2.49. The molecule has 2 heterocycles. The van der Waals surface area contributed by atoms with Crippen LogP contribution in [0.5, 0.6) is 0 Å². The summed E-state index contributed by atoms with van der Waals surface area (Å²) in [6.07, 6.45) is 2.74. The summed E-state index contributed by atoms with van der Waals surface area (Å²) in [7, 11) is -3.41. The third-order valence-corrected chi connectivity index (χ3v) is 4.17. The van der Waals surface area contributed by atoms with Crippen LogP contribution in [0, 0.1) is 6.92 Å². The van der Waals surface area contributed by atoms with Crippen LogP contribution in [0.1, 0.15) is 37.4 Å². The van der Waals surface area contributed by atoms with Crippen molar-refractivity contribution in [3.8, 4) is 0 Å². The second-order valence-corrected chi connectivity index (χ2v) is 7.19. The number of nitrogens with one attached hydrogen (secondary N) is 1. The Bertz CT molecular complexity index is 613. The van der Waals surface area contributed by atoms with Crippen molar-refractivity contribution in [3.63, 3.8) is 0 Å². The molecule has 1 aliphatic rings. The number of likely N-dealkylation sites (tertiary alicyclic amines) is 1. The zero-order chi connectivity index (χ0) is 15.6. The fourth-order valence-electron chi connectivity index (χ4n) is 2.50. The van der Waals surface area contributed by atoms with E-state index in [0.717, 1.165) is 19.1 Å². The number of carbonyl (C=O) groups excluding carboxylic acids is 1. The molecule has 0 aliphatic carbocycles. The molecular formula is C12H20N4O4S. The molecule has 1 aromatic rings. The summed E-state index contributed by atoms with van der Waals surface area (Å²) in [5.74, 6) is 0.880. The SMILES string of the molecule is Cc1noc([C@H]2CCCN(C(=O)[C@@H](C)NS(C)(=O)=O)C2)n1. The van der Waals surface area contributed by atoms with E-state index in [-0.39, 0.29) is 11.8 Å². The molecule has 0 radical (unpaired) electrons. The number of hydrogen-bond donors (Lipinski definition) is 1. The molecule has 0 spiro atoms. The zero-order valence-corrected chi connectivity index (χ0v) is 13.2. The van der Waals surface area contributed by atoms with Crippen LogP contribution in [0.4, 0.5) is 0 Å². The monoisotopic (exact) mass is 316 g/mol. The molecule has 0 saturated carbocycles. The smallest absolute Gasteiger partial charge is 0.240 e. The highest BCUT2D eigenvalue weighted by molar-refractivity contribution is 7.88. The van der Waals surface area contributed by atoms with Gasteiger partial charge < -0.3 is 9.42 Å². The molecule has 1 saturated heterocycles. The molecule has 0 unspecified atom stereocenters. The number of carbonyl (C=O) groups is 1. The van der Waals surface area contributed by atoms with Gasteiger partial charge in [0.25, 0.3) is 0 Å². The first-order chi connectivity index (χ1) is 9.76. The molecule has 1 aliphatic heterocycles. The molecule has 8 nitrogen and oxygen atoms in total. The van der Waals surface area contributed by atoms with E-state index in [4.69, 9.17) is 4.52 Å². The van der Waals surface area contributed by atoms with E-state index < -0.39 is 16.1 Å². The van der Waals surface area contributed by atoms with Crippen molar-refractivity contribution in [2.24, 2.45) is 0 Å². The van der Waals surface area contributed by atoms with Gasteiger partial charge in [-0.2, -0.15) is 4.98 Å². The van der Waals surface area contributed by atoms with Gasteiger partial charge in [0, 0.05) is 13.1 Å². The highest BCUT2D eigenvalue weighted by Crippen LogP contribution is 2.25. The highest BCUT2D eigenvalue weighted by atomic mass is 32.2. The summed E-state index contributed by atoms with van der Waals surface area (Å²) in [5.41, 5.74) is 0. The van der Waals surface area contributed by atoms with Gasteiger partial charge in [0.05, 0.1) is 18.2 Å². The van der Waals surface area contributed by atoms with Crippen LogP contribution >= 0.6 is 0 Å². The van der Waals surface area contributed by atoms with E-state index in [1.807, 2.05) is 0 Å². The summed E-state index contributed by atoms with van der Waals surface area (Å²) in [6, 6.07) is -0.775. The van der Waals surface area contributed by atoms with Gasteiger partial charge in [-0.05, 0) is 26.7 Å². The third-order valence-electron chi connectivity index (χ3n) is 3.39. The summed E-state index contributed by atoms with van der Waals surface area (Å²) in [5, 5.41) is 3.76. The molecule has 9 heteroatoms. The summed E-state index contributed by atoms with van der Waals surface area (Å²) in [4.78, 5) is 18.1. The predicted octanol–water partition coefficient (Wildman–Crippen LogP) is 0.0217. The number of hydrogen-bond acceptors (Lipinski definition) is 6. The van der Waals surface area contributed by atoms with E-state index in [9.17, 15) is 13.2 Å². The van der Waals surface area contributed by atoms with Gasteiger partial charge in [0.15, 0.2) is 5.82 Å². The van der Waals surface area contributed by atoms with Crippen LogP contribution in [0.3, 0.4) is 0 Å². The Morgan fingerprint density at radius 1 is 1.52 bits per heavy atom. The fraction of sp³-hybridized carbons (Fsp3) is 0.750. The van der Waals surface area contributed by atoms with Crippen molar-refractivity contribution >= 4 is 15.9 Å². The lowest BCUT2D eigenvalue weighted by molar-refractivity contribution is -0.133. The molecule has 1 N–H and O–H groups in total. The predicted molar refractivity (Wildman–Crippen MR) is 75.0 cm³/mol. The normalized spacial score (nSPS) is 21.3. The van der Waals surface area contributed by atoms with E-state index in [2.05, 4.69) is 14.9 Å². The Morgan fingerprint density at radius 3 is 2.81 bits per heavy atom. The molecule has 118 valence electrons. The molecule has 0 aromatic carbocycles. The Kier molecular flexibility index (Phi) is 4.62. The first-order valence-corrected chi connectivity index (χ1v) is 8.71. The fourth-order valence-corrected chi connectivity index (χ4v) is 3.25. The highest BCUT2D eigenvalue weighted by Gasteiger charge is 2.31. The topological polar surface area (TPSA) is 105 Å². The average molecular weight is 316 g/mol. The maximum atomic E-state index is 12.3. The molecule has 2 rings (SSSR count). The standard InChI is InChI=1S/C12H20N4O4S/c1-8(15-21(3,18)19)12(17)16-6-4-5-10(7-16)11-13-9(2)14-20-11/h8,10,15H,4-7H2,1-3H3/t8-,10+/m1/s1. The molecule has 1 fully saturated rings. The lowest BCUT2D eigenvalue weighted by Gasteiger charge is -2.32. The van der Waals surface area contributed by atoms with Crippen LogP contribution in [0.2, 0.25) is 0 Å². The van der Waals surface area contributed by atoms with E-state index >= 15 is 0 Å². The third kappa shape index (κ3) is 4.24. The maximum Gasteiger partial charge on any atom is 0.240 e. The molecule has 21 heavy (non-hydrogen) atoms. The number of nitrogens with zero attached hydrogens (tertiary/aromatic N) is 3. The van der Waals surface area contributed by atoms with Crippen molar-refractivity contribution in [1.82, 2.24) is 19.8 Å². The Hall–Kier alpha value is -1.48. The van der Waals surface area contributed by atoms with Crippen molar-refractivity contribution < 1.29 is 17.7 Å². The summed E-state index contributed by atoms with van der Waals surface area (Å²) >= 11 is 0. The molecule has 1 amide bonds. The van der Waals surface area contributed by atoms with E-state index in [0.29, 0.717) is 24.8 Å². The van der Waals surface area contributed by atoms with Gasteiger partial charge >= 0.3 is 0 Å².